The van der Waals surface area contributed by atoms with Crippen LogP contribution in [0.5, 0.6) is 0 Å². The number of ketones is 1. The fraction of sp³-hybridized carbons (Fsp3) is 0.593. The number of hydrogen-bond donors (Lipinski definition) is 1. The summed E-state index contributed by atoms with van der Waals surface area (Å²) in [6.07, 6.45) is 4.46. The van der Waals surface area contributed by atoms with Crippen LogP contribution in [0.4, 0.5) is 0 Å². The van der Waals surface area contributed by atoms with E-state index in [4.69, 9.17) is 18.6 Å². The molecule has 3 heterocycles. The van der Waals surface area contributed by atoms with Crippen LogP contribution in [0.25, 0.3) is 0 Å². The monoisotopic (exact) mass is 484 g/mol. The third-order valence-corrected chi connectivity index (χ3v) is 9.41. The molecule has 35 heavy (non-hydrogen) atoms. The maximum absolute atomic E-state index is 13.8. The molecular weight excluding hydrogens is 452 g/mol. The zero-order chi connectivity index (χ0) is 25.6. The number of cyclic esters (lactones) is 1. The van der Waals surface area contributed by atoms with Gasteiger partial charge in [0.2, 0.25) is 0 Å². The minimum Gasteiger partial charge on any atom is -0.472 e. The number of Topliss-reactive ketones (excluding diaryl/α,β-unsaturated/α-hetero) is 1. The summed E-state index contributed by atoms with van der Waals surface area (Å²) in [6.45, 7) is 9.46. The zero-order valence-corrected chi connectivity index (χ0v) is 20.9. The molecule has 4 fully saturated rings. The van der Waals surface area contributed by atoms with E-state index in [0.717, 1.165) is 5.57 Å². The Bertz CT molecular complexity index is 1160. The summed E-state index contributed by atoms with van der Waals surface area (Å²) in [7, 11) is 1.30. The number of furan rings is 1. The number of methoxy groups -OCH3 is 1. The molecule has 5 rings (SSSR count). The molecule has 4 aliphatic rings. The Kier molecular flexibility index (Phi) is 5.07. The molecule has 8 heteroatoms. The number of epoxide rings is 1. The van der Waals surface area contributed by atoms with Crippen molar-refractivity contribution in [1.29, 1.82) is 0 Å². The van der Waals surface area contributed by atoms with Crippen LogP contribution in [-0.4, -0.2) is 47.7 Å². The van der Waals surface area contributed by atoms with E-state index in [1.807, 2.05) is 34.6 Å². The molecule has 1 aromatic rings. The number of carbonyl (C=O) groups is 3. The molecule has 1 aromatic heterocycles. The number of rotatable bonds is 3. The van der Waals surface area contributed by atoms with Crippen LogP contribution in [-0.2, 0) is 28.6 Å². The second-order valence-corrected chi connectivity index (χ2v) is 11.2. The first-order valence-electron chi connectivity index (χ1n) is 12.0. The highest BCUT2D eigenvalue weighted by Gasteiger charge is 2.88. The van der Waals surface area contributed by atoms with Gasteiger partial charge in [0.15, 0.2) is 11.9 Å². The topological polar surface area (TPSA) is 116 Å². The Balaban J connectivity index is 1.72. The highest BCUT2D eigenvalue weighted by Crippen LogP contribution is 2.78. The van der Waals surface area contributed by atoms with Gasteiger partial charge in [-0.15, -0.1) is 0 Å². The van der Waals surface area contributed by atoms with Gasteiger partial charge in [-0.2, -0.15) is 0 Å². The summed E-state index contributed by atoms with van der Waals surface area (Å²) in [6, 6.07) is 1.76. The molecule has 2 saturated carbocycles. The Morgan fingerprint density at radius 3 is 2.51 bits per heavy atom. The minimum absolute atomic E-state index is 0.303. The van der Waals surface area contributed by atoms with Crippen molar-refractivity contribution in [3.63, 3.8) is 0 Å². The quantitative estimate of drug-likeness (QED) is 0.394. The Labute approximate surface area is 204 Å². The lowest BCUT2D eigenvalue weighted by atomic mass is 9.38. The van der Waals surface area contributed by atoms with Gasteiger partial charge in [-0.1, -0.05) is 32.4 Å². The van der Waals surface area contributed by atoms with Crippen LogP contribution >= 0.6 is 0 Å². The largest absolute Gasteiger partial charge is 0.472 e. The Morgan fingerprint density at radius 1 is 1.20 bits per heavy atom. The summed E-state index contributed by atoms with van der Waals surface area (Å²) < 4.78 is 22.3. The number of ether oxygens (including phenoxy) is 3. The molecule has 1 spiro atoms. The van der Waals surface area contributed by atoms with E-state index in [9.17, 15) is 19.5 Å². The molecule has 1 N–H and O–H groups in total. The van der Waals surface area contributed by atoms with Crippen LogP contribution in [0.15, 0.2) is 46.3 Å². The van der Waals surface area contributed by atoms with Gasteiger partial charge in [0.05, 0.1) is 19.6 Å². The number of aliphatic hydroxyl groups excluding tert-OH is 1. The number of hydrogen-bond acceptors (Lipinski definition) is 8. The van der Waals surface area contributed by atoms with Crippen molar-refractivity contribution >= 4 is 17.7 Å². The summed E-state index contributed by atoms with van der Waals surface area (Å²) in [5.41, 5.74) is -1.89. The second kappa shape index (κ2) is 7.40. The standard InChI is InChI=1S/C27H32O8/c1-14(2)18-19(29)20(30)26(5)16(24(18,3)10-8-17(28)32-6)7-11-25(4)21(15-9-12-33-13-15)34-23(31)22-27(25,26)35-22/h8-10,12-13,16,20-22,30H,7,11H2,1-6H3/b10-8-/t16-,20-,21-,22+,24+,25-,26-,27+/m0/s1. The van der Waals surface area contributed by atoms with Gasteiger partial charge >= 0.3 is 11.9 Å². The van der Waals surface area contributed by atoms with Crippen LogP contribution in [0.1, 0.15) is 59.1 Å². The average Bonchev–Trinajstić information content (AvgIpc) is 3.38. The van der Waals surface area contributed by atoms with Crippen LogP contribution in [0.2, 0.25) is 0 Å². The van der Waals surface area contributed by atoms with Gasteiger partial charge < -0.3 is 23.7 Å². The molecule has 0 aromatic carbocycles. The lowest BCUT2D eigenvalue weighted by Crippen LogP contribution is -2.72. The van der Waals surface area contributed by atoms with Crippen molar-refractivity contribution in [2.75, 3.05) is 7.11 Å². The number of allylic oxidation sites excluding steroid dienone is 2. The maximum Gasteiger partial charge on any atom is 0.339 e. The molecule has 8 nitrogen and oxygen atoms in total. The number of carbonyl (C=O) groups excluding carboxylic acids is 3. The first-order chi connectivity index (χ1) is 16.4. The van der Waals surface area contributed by atoms with Gasteiger partial charge in [0, 0.05) is 33.5 Å². The second-order valence-electron chi connectivity index (χ2n) is 11.2. The number of aliphatic hydroxyl groups is 1. The van der Waals surface area contributed by atoms with Crippen LogP contribution in [0.3, 0.4) is 0 Å². The smallest absolute Gasteiger partial charge is 0.339 e. The maximum atomic E-state index is 13.8. The molecule has 0 bridgehead atoms. The Hall–Kier alpha value is -2.71. The highest BCUT2D eigenvalue weighted by molar-refractivity contribution is 6.03. The van der Waals surface area contributed by atoms with Gasteiger partial charge in [-0.05, 0) is 38.7 Å². The molecule has 0 amide bonds. The third-order valence-electron chi connectivity index (χ3n) is 9.41. The Morgan fingerprint density at radius 2 is 1.91 bits per heavy atom. The van der Waals surface area contributed by atoms with Crippen molar-refractivity contribution in [2.45, 2.75) is 71.4 Å². The molecular formula is C27H32O8. The van der Waals surface area contributed by atoms with E-state index >= 15 is 0 Å². The average molecular weight is 485 g/mol. The van der Waals surface area contributed by atoms with Crippen molar-refractivity contribution in [3.05, 3.63) is 47.5 Å². The van der Waals surface area contributed by atoms with E-state index in [1.54, 1.807) is 18.4 Å². The fourth-order valence-electron chi connectivity index (χ4n) is 7.97. The summed E-state index contributed by atoms with van der Waals surface area (Å²) >= 11 is 0. The molecule has 2 aliphatic carbocycles. The molecule has 188 valence electrons. The van der Waals surface area contributed by atoms with E-state index in [0.29, 0.717) is 24.0 Å². The fourth-order valence-corrected chi connectivity index (χ4v) is 7.97. The molecule has 8 atom stereocenters. The predicted molar refractivity (Wildman–Crippen MR) is 123 cm³/mol. The van der Waals surface area contributed by atoms with Crippen molar-refractivity contribution < 1.29 is 38.1 Å². The predicted octanol–water partition coefficient (Wildman–Crippen LogP) is 3.45. The normalized spacial score (nSPS) is 44.3. The van der Waals surface area contributed by atoms with Crippen molar-refractivity contribution in [2.24, 2.45) is 22.2 Å². The lowest BCUT2D eigenvalue weighted by Gasteiger charge is -2.64. The van der Waals surface area contributed by atoms with Crippen LogP contribution in [0, 0.1) is 22.2 Å². The highest BCUT2D eigenvalue weighted by atomic mass is 16.7. The zero-order valence-electron chi connectivity index (χ0n) is 20.9. The summed E-state index contributed by atoms with van der Waals surface area (Å²) in [5.74, 6) is -1.75. The third kappa shape index (κ3) is 2.72. The molecule has 0 radical (unpaired) electrons. The lowest BCUT2D eigenvalue weighted by molar-refractivity contribution is -0.218. The number of fused-ring (bicyclic) bond motifs is 1. The van der Waals surface area contributed by atoms with E-state index in [1.165, 1.54) is 19.4 Å². The summed E-state index contributed by atoms with van der Waals surface area (Å²) in [5, 5.41) is 11.7. The molecule has 2 saturated heterocycles. The van der Waals surface area contributed by atoms with Crippen molar-refractivity contribution in [1.82, 2.24) is 0 Å². The van der Waals surface area contributed by atoms with Crippen molar-refractivity contribution in [3.8, 4) is 0 Å². The van der Waals surface area contributed by atoms with Gasteiger partial charge in [0.25, 0.3) is 0 Å². The van der Waals surface area contributed by atoms with E-state index in [-0.39, 0.29) is 5.92 Å². The first kappa shape index (κ1) is 24.0. The minimum atomic E-state index is -1.39. The van der Waals surface area contributed by atoms with Gasteiger partial charge in [0.1, 0.15) is 17.8 Å². The first-order valence-corrected chi connectivity index (χ1v) is 12.0. The summed E-state index contributed by atoms with van der Waals surface area (Å²) in [4.78, 5) is 39.0. The molecule has 0 unspecified atom stereocenters. The van der Waals surface area contributed by atoms with Crippen LogP contribution < -0.4 is 0 Å². The number of esters is 2. The SMILES string of the molecule is COC(=O)/C=C\[C@@]1(C)C(=C(C)C)C(=O)[C@H](O)[C@]2(C)[C@H]1CC[C@@]1(C)[C@H](c3ccoc3)OC(=O)[C@H]3O[C@@]321. The van der Waals surface area contributed by atoms with Gasteiger partial charge in [-0.3, -0.25) is 4.79 Å². The van der Waals surface area contributed by atoms with E-state index in [2.05, 4.69) is 0 Å². The van der Waals surface area contributed by atoms with Gasteiger partial charge in [-0.25, -0.2) is 9.59 Å². The molecule has 2 aliphatic heterocycles. The van der Waals surface area contributed by atoms with E-state index < -0.39 is 57.9 Å².